The van der Waals surface area contributed by atoms with Gasteiger partial charge in [0.1, 0.15) is 5.75 Å². The maximum atomic E-state index is 12.3. The minimum absolute atomic E-state index is 0.0802. The van der Waals surface area contributed by atoms with Crippen molar-refractivity contribution in [1.29, 1.82) is 0 Å². The van der Waals surface area contributed by atoms with Crippen LogP contribution in [0.4, 0.5) is 5.69 Å². The molecule has 3 rings (SSSR count). The van der Waals surface area contributed by atoms with E-state index in [0.717, 1.165) is 21.9 Å². The number of hydrogen-bond acceptors (Lipinski definition) is 6. The highest BCUT2D eigenvalue weighted by molar-refractivity contribution is 7.99. The van der Waals surface area contributed by atoms with Crippen LogP contribution in [0.1, 0.15) is 0 Å². The molecule has 0 bridgehead atoms. The number of carbonyl (C=O) groups excluding carboxylic acids is 1. The van der Waals surface area contributed by atoms with E-state index in [4.69, 9.17) is 4.74 Å². The number of nitrogens with one attached hydrogen (secondary N) is 1. The summed E-state index contributed by atoms with van der Waals surface area (Å²) in [5.74, 6) is 1.60. The lowest BCUT2D eigenvalue weighted by molar-refractivity contribution is -0.113. The van der Waals surface area contributed by atoms with Crippen molar-refractivity contribution in [3.8, 4) is 17.1 Å². The third-order valence-corrected chi connectivity index (χ3v) is 5.71. The summed E-state index contributed by atoms with van der Waals surface area (Å²) >= 11 is 2.95. The highest BCUT2D eigenvalue weighted by Gasteiger charge is 2.16. The van der Waals surface area contributed by atoms with Gasteiger partial charge in [-0.3, -0.25) is 4.79 Å². The smallest absolute Gasteiger partial charge is 0.234 e. The summed E-state index contributed by atoms with van der Waals surface area (Å²) in [7, 11) is 3.51. The Morgan fingerprint density at radius 1 is 1.15 bits per heavy atom. The molecule has 1 N–H and O–H groups in total. The standard InChI is InChI=1S/C19H20N4O2S2/c1-23-18(13-8-4-6-10-15(13)25-2)21-22-19(23)27-12-17(24)20-14-9-5-7-11-16(14)26-3/h4-11H,12H2,1-3H3,(H,20,24). The zero-order valence-corrected chi connectivity index (χ0v) is 16.9. The molecular weight excluding hydrogens is 380 g/mol. The van der Waals surface area contributed by atoms with Crippen LogP contribution in [0.3, 0.4) is 0 Å². The molecule has 6 nitrogen and oxygen atoms in total. The fourth-order valence-corrected chi connectivity index (χ4v) is 3.83. The first-order chi connectivity index (χ1) is 13.1. The number of anilines is 1. The van der Waals surface area contributed by atoms with Crippen molar-refractivity contribution in [3.05, 3.63) is 48.5 Å². The number of nitrogens with zero attached hydrogens (tertiary/aromatic N) is 3. The van der Waals surface area contributed by atoms with Gasteiger partial charge in [-0.2, -0.15) is 0 Å². The van der Waals surface area contributed by atoms with Crippen LogP contribution in [0.2, 0.25) is 0 Å². The van der Waals surface area contributed by atoms with E-state index >= 15 is 0 Å². The topological polar surface area (TPSA) is 69.0 Å². The molecule has 2 aromatic carbocycles. The van der Waals surface area contributed by atoms with Gasteiger partial charge >= 0.3 is 0 Å². The summed E-state index contributed by atoms with van der Waals surface area (Å²) in [6, 6.07) is 15.4. The molecule has 1 aromatic heterocycles. The Morgan fingerprint density at radius 3 is 2.67 bits per heavy atom. The average molecular weight is 401 g/mol. The molecule has 27 heavy (non-hydrogen) atoms. The van der Waals surface area contributed by atoms with Gasteiger partial charge < -0.3 is 14.6 Å². The van der Waals surface area contributed by atoms with Crippen LogP contribution in [-0.4, -0.2) is 39.8 Å². The largest absolute Gasteiger partial charge is 0.496 e. The molecule has 140 valence electrons. The highest BCUT2D eigenvalue weighted by atomic mass is 32.2. The molecule has 8 heteroatoms. The van der Waals surface area contributed by atoms with E-state index in [9.17, 15) is 4.79 Å². The summed E-state index contributed by atoms with van der Waals surface area (Å²) in [6.45, 7) is 0. The third-order valence-electron chi connectivity index (χ3n) is 3.90. The monoisotopic (exact) mass is 400 g/mol. The number of benzene rings is 2. The summed E-state index contributed by atoms with van der Waals surface area (Å²) in [4.78, 5) is 13.4. The first-order valence-electron chi connectivity index (χ1n) is 8.22. The van der Waals surface area contributed by atoms with Gasteiger partial charge in [-0.15, -0.1) is 22.0 Å². The zero-order chi connectivity index (χ0) is 19.2. The lowest BCUT2D eigenvalue weighted by Gasteiger charge is -2.09. The van der Waals surface area contributed by atoms with Gasteiger partial charge in [0.2, 0.25) is 5.91 Å². The normalized spacial score (nSPS) is 10.6. The number of aromatic nitrogens is 3. The van der Waals surface area contributed by atoms with Crippen molar-refractivity contribution in [2.75, 3.05) is 24.4 Å². The Morgan fingerprint density at radius 2 is 1.89 bits per heavy atom. The second kappa shape index (κ2) is 8.96. The van der Waals surface area contributed by atoms with E-state index in [1.54, 1.807) is 18.9 Å². The van der Waals surface area contributed by atoms with Crippen molar-refractivity contribution in [2.45, 2.75) is 10.1 Å². The van der Waals surface area contributed by atoms with Gasteiger partial charge in [0.15, 0.2) is 11.0 Å². The van der Waals surface area contributed by atoms with E-state index in [0.29, 0.717) is 11.0 Å². The number of thioether (sulfide) groups is 2. The van der Waals surface area contributed by atoms with Gasteiger partial charge in [-0.25, -0.2) is 0 Å². The summed E-state index contributed by atoms with van der Waals surface area (Å²) in [5, 5.41) is 12.1. The molecule has 0 aliphatic heterocycles. The Bertz CT molecular complexity index is 943. The first kappa shape index (κ1) is 19.3. The van der Waals surface area contributed by atoms with Crippen molar-refractivity contribution < 1.29 is 9.53 Å². The van der Waals surface area contributed by atoms with Crippen molar-refractivity contribution >= 4 is 35.1 Å². The molecular formula is C19H20N4O2S2. The van der Waals surface area contributed by atoms with Gasteiger partial charge in [0, 0.05) is 11.9 Å². The lowest BCUT2D eigenvalue weighted by Crippen LogP contribution is -2.15. The predicted octanol–water partition coefficient (Wildman–Crippen LogP) is 3.94. The minimum Gasteiger partial charge on any atom is -0.496 e. The van der Waals surface area contributed by atoms with Crippen LogP contribution < -0.4 is 10.1 Å². The zero-order valence-electron chi connectivity index (χ0n) is 15.3. The lowest BCUT2D eigenvalue weighted by atomic mass is 10.2. The number of carbonyl (C=O) groups is 1. The van der Waals surface area contributed by atoms with E-state index in [2.05, 4.69) is 15.5 Å². The Balaban J connectivity index is 1.69. The van der Waals surface area contributed by atoms with Crippen molar-refractivity contribution in [1.82, 2.24) is 14.8 Å². The van der Waals surface area contributed by atoms with Gasteiger partial charge in [-0.05, 0) is 30.5 Å². The van der Waals surface area contributed by atoms with Gasteiger partial charge in [0.05, 0.1) is 24.1 Å². The Labute approximate surface area is 166 Å². The maximum Gasteiger partial charge on any atom is 0.234 e. The minimum atomic E-state index is -0.0802. The van der Waals surface area contributed by atoms with Gasteiger partial charge in [0.25, 0.3) is 0 Å². The Kier molecular flexibility index (Phi) is 6.41. The number of ether oxygens (including phenoxy) is 1. The molecule has 1 amide bonds. The van der Waals surface area contributed by atoms with Crippen molar-refractivity contribution in [2.24, 2.45) is 7.05 Å². The summed E-state index contributed by atoms with van der Waals surface area (Å²) < 4.78 is 7.26. The van der Waals surface area contributed by atoms with E-state index in [-0.39, 0.29) is 11.7 Å². The van der Waals surface area contributed by atoms with E-state index in [1.807, 2.05) is 66.4 Å². The molecule has 0 spiro atoms. The molecule has 3 aromatic rings. The van der Waals surface area contributed by atoms with Gasteiger partial charge in [-0.1, -0.05) is 36.0 Å². The Hall–Kier alpha value is -2.45. The molecule has 0 aliphatic rings. The van der Waals surface area contributed by atoms with Crippen LogP contribution in [0.5, 0.6) is 5.75 Å². The second-order valence-corrected chi connectivity index (χ2v) is 7.39. The van der Waals surface area contributed by atoms with Crippen LogP contribution in [-0.2, 0) is 11.8 Å². The fourth-order valence-electron chi connectivity index (χ4n) is 2.57. The summed E-state index contributed by atoms with van der Waals surface area (Å²) in [6.07, 6.45) is 1.98. The first-order valence-corrected chi connectivity index (χ1v) is 10.4. The molecule has 0 saturated carbocycles. The van der Waals surface area contributed by atoms with E-state index < -0.39 is 0 Å². The number of amides is 1. The molecule has 0 aliphatic carbocycles. The molecule has 0 atom stereocenters. The molecule has 1 heterocycles. The molecule has 0 radical (unpaired) electrons. The number of methoxy groups -OCH3 is 1. The average Bonchev–Trinajstić information content (AvgIpc) is 3.07. The van der Waals surface area contributed by atoms with Crippen LogP contribution in [0.15, 0.2) is 58.6 Å². The molecule has 0 saturated heterocycles. The van der Waals surface area contributed by atoms with Crippen molar-refractivity contribution in [3.63, 3.8) is 0 Å². The SMILES string of the molecule is COc1ccccc1-c1nnc(SCC(=O)Nc2ccccc2SC)n1C. The highest BCUT2D eigenvalue weighted by Crippen LogP contribution is 2.30. The maximum absolute atomic E-state index is 12.3. The number of para-hydroxylation sites is 2. The van der Waals surface area contributed by atoms with Crippen LogP contribution in [0, 0.1) is 0 Å². The van der Waals surface area contributed by atoms with E-state index in [1.165, 1.54) is 11.8 Å². The number of hydrogen-bond donors (Lipinski definition) is 1. The predicted molar refractivity (Wildman–Crippen MR) is 111 cm³/mol. The van der Waals surface area contributed by atoms with Crippen LogP contribution >= 0.6 is 23.5 Å². The summed E-state index contributed by atoms with van der Waals surface area (Å²) in [5.41, 5.74) is 1.68. The third kappa shape index (κ3) is 4.45. The number of rotatable bonds is 7. The molecule has 0 unspecified atom stereocenters. The fraction of sp³-hybridized carbons (Fsp3) is 0.211. The second-order valence-electron chi connectivity index (χ2n) is 5.60. The quantitative estimate of drug-likeness (QED) is 0.606. The molecule has 0 fully saturated rings. The van der Waals surface area contributed by atoms with Crippen LogP contribution in [0.25, 0.3) is 11.4 Å².